The third-order valence-electron chi connectivity index (χ3n) is 3.20. The van der Waals surface area contributed by atoms with Crippen LogP contribution in [0.1, 0.15) is 30.0 Å². The van der Waals surface area contributed by atoms with Crippen LogP contribution in [0.15, 0.2) is 29.3 Å². The van der Waals surface area contributed by atoms with Gasteiger partial charge in [0.25, 0.3) is 0 Å². The average molecular weight is 296 g/mol. The van der Waals surface area contributed by atoms with Gasteiger partial charge in [-0.2, -0.15) is 0 Å². The van der Waals surface area contributed by atoms with Gasteiger partial charge in [0.15, 0.2) is 0 Å². The molecule has 92 valence electrons. The second-order valence-electron chi connectivity index (χ2n) is 4.36. The van der Waals surface area contributed by atoms with E-state index in [0.717, 1.165) is 16.7 Å². The molecule has 3 heteroatoms. The lowest BCUT2D eigenvalue weighted by atomic mass is 9.87. The zero-order chi connectivity index (χ0) is 12.3. The largest absolute Gasteiger partial charge is 0.488 e. The third-order valence-corrected chi connectivity index (χ3v) is 3.43. The van der Waals surface area contributed by atoms with Crippen molar-refractivity contribution in [1.82, 2.24) is 5.32 Å². The summed E-state index contributed by atoms with van der Waals surface area (Å²) in [7, 11) is 2.02. The monoisotopic (exact) mass is 295 g/mol. The first kappa shape index (κ1) is 12.7. The molecular weight excluding hydrogens is 278 g/mol. The molecule has 2 rings (SSSR count). The number of hydrogen-bond acceptors (Lipinski definition) is 2. The molecule has 0 aromatic heterocycles. The summed E-state index contributed by atoms with van der Waals surface area (Å²) < 4.78 is 6.66. The fourth-order valence-corrected chi connectivity index (χ4v) is 2.52. The third kappa shape index (κ3) is 2.90. The molecule has 0 aliphatic heterocycles. The average Bonchev–Trinajstić information content (AvgIpc) is 2.35. The Morgan fingerprint density at radius 2 is 2.41 bits per heavy atom. The molecule has 2 nitrogen and oxygen atoms in total. The fraction of sp³-hybridized carbons (Fsp3) is 0.429. The van der Waals surface area contributed by atoms with Gasteiger partial charge < -0.3 is 10.1 Å². The summed E-state index contributed by atoms with van der Waals surface area (Å²) in [5.74, 6) is 1.00. The van der Waals surface area contributed by atoms with Gasteiger partial charge in [0.1, 0.15) is 12.4 Å². The van der Waals surface area contributed by atoms with Gasteiger partial charge in [-0.1, -0.05) is 34.6 Å². The number of halogens is 1. The maximum atomic E-state index is 5.78. The Hall–Kier alpha value is -0.800. The normalized spacial score (nSPS) is 18.6. The Bertz CT molecular complexity index is 417. The summed E-state index contributed by atoms with van der Waals surface area (Å²) in [5, 5.41) is 3.37. The van der Waals surface area contributed by atoms with Crippen molar-refractivity contribution < 1.29 is 4.74 Å². The number of rotatable bonds is 4. The van der Waals surface area contributed by atoms with Gasteiger partial charge in [-0.05, 0) is 43.5 Å². The van der Waals surface area contributed by atoms with Crippen LogP contribution in [0.4, 0.5) is 0 Å². The topological polar surface area (TPSA) is 21.3 Å². The Labute approximate surface area is 111 Å². The number of ether oxygens (including phenoxy) is 1. The van der Waals surface area contributed by atoms with Crippen LogP contribution >= 0.6 is 15.9 Å². The van der Waals surface area contributed by atoms with E-state index in [1.54, 1.807) is 0 Å². The molecule has 1 atom stereocenters. The first-order valence-electron chi connectivity index (χ1n) is 5.97. The van der Waals surface area contributed by atoms with Crippen molar-refractivity contribution in [2.24, 2.45) is 0 Å². The molecule has 1 aliphatic carbocycles. The van der Waals surface area contributed by atoms with Crippen molar-refractivity contribution in [3.05, 3.63) is 40.4 Å². The molecule has 0 saturated heterocycles. The molecule has 0 heterocycles. The van der Waals surface area contributed by atoms with E-state index in [1.165, 1.54) is 24.0 Å². The van der Waals surface area contributed by atoms with Crippen molar-refractivity contribution >= 4 is 15.9 Å². The molecule has 1 N–H and O–H groups in total. The van der Waals surface area contributed by atoms with Gasteiger partial charge >= 0.3 is 0 Å². The van der Waals surface area contributed by atoms with E-state index in [-0.39, 0.29) is 0 Å². The first-order chi connectivity index (χ1) is 8.22. The molecule has 1 aliphatic rings. The predicted octanol–water partition coefficient (Wildman–Crippen LogP) is 3.57. The molecule has 0 saturated carbocycles. The minimum absolute atomic E-state index is 0.467. The number of nitrogens with one attached hydrogen (secondary N) is 1. The van der Waals surface area contributed by atoms with Crippen molar-refractivity contribution in [3.63, 3.8) is 0 Å². The number of benzene rings is 1. The van der Waals surface area contributed by atoms with E-state index in [4.69, 9.17) is 4.74 Å². The molecule has 0 fully saturated rings. The predicted molar refractivity (Wildman–Crippen MR) is 74.7 cm³/mol. The van der Waals surface area contributed by atoms with E-state index in [0.29, 0.717) is 12.6 Å². The molecule has 0 bridgehead atoms. The number of hydrogen-bond donors (Lipinski definition) is 1. The van der Waals surface area contributed by atoms with Gasteiger partial charge in [0, 0.05) is 10.5 Å². The van der Waals surface area contributed by atoms with Crippen molar-refractivity contribution in [3.8, 4) is 5.75 Å². The summed E-state index contributed by atoms with van der Waals surface area (Å²) in [6.45, 7) is 4.32. The van der Waals surface area contributed by atoms with Crippen LogP contribution in [0.5, 0.6) is 5.75 Å². The van der Waals surface area contributed by atoms with Gasteiger partial charge in [-0.25, -0.2) is 0 Å². The lowest BCUT2D eigenvalue weighted by molar-refractivity contribution is 0.351. The standard InChI is InChI=1S/C14H18BrNO/c1-10(15)9-17-14-8-4-5-11-12(14)6-3-7-13(11)16-2/h4-5,8,13,16H,1,3,6-7,9H2,2H3. The zero-order valence-corrected chi connectivity index (χ0v) is 11.7. The highest BCUT2D eigenvalue weighted by Crippen LogP contribution is 2.35. The van der Waals surface area contributed by atoms with Crippen LogP contribution in [0.2, 0.25) is 0 Å². The Morgan fingerprint density at radius 1 is 1.59 bits per heavy atom. The molecule has 1 aromatic carbocycles. The molecule has 0 spiro atoms. The van der Waals surface area contributed by atoms with E-state index >= 15 is 0 Å². The van der Waals surface area contributed by atoms with E-state index in [9.17, 15) is 0 Å². The van der Waals surface area contributed by atoms with E-state index < -0.39 is 0 Å². The van der Waals surface area contributed by atoms with E-state index in [1.807, 2.05) is 13.1 Å². The fourth-order valence-electron chi connectivity index (χ4n) is 2.41. The Balaban J connectivity index is 2.26. The minimum Gasteiger partial charge on any atom is -0.488 e. The summed E-state index contributed by atoms with van der Waals surface area (Å²) in [6.07, 6.45) is 3.53. The minimum atomic E-state index is 0.467. The second-order valence-corrected chi connectivity index (χ2v) is 5.48. The number of fused-ring (bicyclic) bond motifs is 1. The first-order valence-corrected chi connectivity index (χ1v) is 6.77. The van der Waals surface area contributed by atoms with Crippen LogP contribution in [0, 0.1) is 0 Å². The maximum absolute atomic E-state index is 5.78. The lowest BCUT2D eigenvalue weighted by Gasteiger charge is -2.26. The van der Waals surface area contributed by atoms with Gasteiger partial charge in [-0.15, -0.1) is 0 Å². The molecule has 1 unspecified atom stereocenters. The Kier molecular flexibility index (Phi) is 4.24. The van der Waals surface area contributed by atoms with Gasteiger partial charge in [0.2, 0.25) is 0 Å². The van der Waals surface area contributed by atoms with Crippen molar-refractivity contribution in [1.29, 1.82) is 0 Å². The summed E-state index contributed by atoms with van der Waals surface area (Å²) >= 11 is 3.32. The van der Waals surface area contributed by atoms with Crippen LogP contribution < -0.4 is 10.1 Å². The SMILES string of the molecule is C=C(Br)COc1cccc2c1CCCC2NC. The van der Waals surface area contributed by atoms with E-state index in [2.05, 4.69) is 40.0 Å². The Morgan fingerprint density at radius 3 is 3.12 bits per heavy atom. The smallest absolute Gasteiger partial charge is 0.123 e. The molecule has 0 radical (unpaired) electrons. The van der Waals surface area contributed by atoms with Crippen molar-refractivity contribution in [2.45, 2.75) is 25.3 Å². The quantitative estimate of drug-likeness (QED) is 0.917. The van der Waals surface area contributed by atoms with Gasteiger partial charge in [-0.3, -0.25) is 0 Å². The summed E-state index contributed by atoms with van der Waals surface area (Å²) in [4.78, 5) is 0. The van der Waals surface area contributed by atoms with Crippen molar-refractivity contribution in [2.75, 3.05) is 13.7 Å². The zero-order valence-electron chi connectivity index (χ0n) is 10.1. The molecule has 17 heavy (non-hydrogen) atoms. The second kappa shape index (κ2) is 5.69. The van der Waals surface area contributed by atoms with Gasteiger partial charge in [0.05, 0.1) is 0 Å². The van der Waals surface area contributed by atoms with Crippen LogP contribution in [0.25, 0.3) is 0 Å². The van der Waals surface area contributed by atoms with Crippen LogP contribution in [-0.4, -0.2) is 13.7 Å². The molecular formula is C14H18BrNO. The van der Waals surface area contributed by atoms with Crippen LogP contribution in [-0.2, 0) is 6.42 Å². The molecule has 0 amide bonds. The maximum Gasteiger partial charge on any atom is 0.123 e. The van der Waals surface area contributed by atoms with Crippen LogP contribution in [0.3, 0.4) is 0 Å². The summed E-state index contributed by atoms with van der Waals surface area (Å²) in [6, 6.07) is 6.79. The highest BCUT2D eigenvalue weighted by atomic mass is 79.9. The highest BCUT2D eigenvalue weighted by Gasteiger charge is 2.21. The lowest BCUT2D eigenvalue weighted by Crippen LogP contribution is -2.22. The summed E-state index contributed by atoms with van der Waals surface area (Å²) in [5.41, 5.74) is 2.74. The molecule has 1 aromatic rings. The highest BCUT2D eigenvalue weighted by molar-refractivity contribution is 9.11.